The summed E-state index contributed by atoms with van der Waals surface area (Å²) in [5, 5.41) is 10.4. The lowest BCUT2D eigenvalue weighted by Gasteiger charge is -2.06. The van der Waals surface area contributed by atoms with Gasteiger partial charge in [0.05, 0.1) is 7.11 Å². The van der Waals surface area contributed by atoms with Crippen molar-refractivity contribution in [1.82, 2.24) is 4.98 Å². The molecular weight excluding hydrogens is 377 g/mol. The fourth-order valence-electron chi connectivity index (χ4n) is 2.41. The van der Waals surface area contributed by atoms with Crippen molar-refractivity contribution < 1.29 is 19.0 Å². The number of ketones is 1. The molecule has 0 saturated carbocycles. The number of carbonyl (C=O) groups excluding carboxylic acids is 1. The molecule has 6 heteroatoms. The lowest BCUT2D eigenvalue weighted by molar-refractivity contribution is 0.104. The zero-order valence-electron chi connectivity index (χ0n) is 12.6. The highest BCUT2D eigenvalue weighted by Gasteiger charge is 2.11. The number of phenols is 1. The average Bonchev–Trinajstić information content (AvgIpc) is 2.96. The number of fused-ring (bicyclic) bond motifs is 1. The Balaban J connectivity index is 1.92. The third-order valence-corrected chi connectivity index (χ3v) is 4.31. The molecule has 0 unspecified atom stereocenters. The van der Waals surface area contributed by atoms with Crippen molar-refractivity contribution >= 4 is 38.7 Å². The highest BCUT2D eigenvalue weighted by molar-refractivity contribution is 9.10. The fraction of sp³-hybridized carbons (Fsp3) is 0.0556. The maximum Gasteiger partial charge on any atom is 0.188 e. The van der Waals surface area contributed by atoms with Crippen LogP contribution < -0.4 is 4.74 Å². The third-order valence-electron chi connectivity index (χ3n) is 3.62. The van der Waals surface area contributed by atoms with E-state index in [4.69, 9.17) is 4.74 Å². The standard InChI is InChI=1S/C18H13BrFNO3/c1-24-18-6-10(14(19)8-17(18)23)2-5-16(22)13-9-21-15-7-11(20)3-4-12(13)15/h2-9,21,23H,1H3/b5-2+. The van der Waals surface area contributed by atoms with E-state index >= 15 is 0 Å². The lowest BCUT2D eigenvalue weighted by Crippen LogP contribution is -1.93. The summed E-state index contributed by atoms with van der Waals surface area (Å²) >= 11 is 3.33. The number of aromatic amines is 1. The van der Waals surface area contributed by atoms with E-state index in [9.17, 15) is 14.3 Å². The van der Waals surface area contributed by atoms with Gasteiger partial charge in [0.1, 0.15) is 5.82 Å². The normalized spacial score (nSPS) is 11.3. The number of rotatable bonds is 4. The minimum atomic E-state index is -0.362. The first-order valence-electron chi connectivity index (χ1n) is 7.05. The highest BCUT2D eigenvalue weighted by atomic mass is 79.9. The van der Waals surface area contributed by atoms with Crippen LogP contribution in [-0.4, -0.2) is 23.0 Å². The highest BCUT2D eigenvalue weighted by Crippen LogP contribution is 2.33. The molecule has 0 radical (unpaired) electrons. The summed E-state index contributed by atoms with van der Waals surface area (Å²) in [6.07, 6.45) is 4.60. The van der Waals surface area contributed by atoms with Gasteiger partial charge in [-0.05, 0) is 48.0 Å². The minimum Gasteiger partial charge on any atom is -0.504 e. The molecule has 24 heavy (non-hydrogen) atoms. The molecule has 4 nitrogen and oxygen atoms in total. The molecule has 0 spiro atoms. The van der Waals surface area contributed by atoms with Gasteiger partial charge < -0.3 is 14.8 Å². The molecular formula is C18H13BrFNO3. The summed E-state index contributed by atoms with van der Waals surface area (Å²) < 4.78 is 18.9. The van der Waals surface area contributed by atoms with Gasteiger partial charge in [-0.15, -0.1) is 0 Å². The van der Waals surface area contributed by atoms with Gasteiger partial charge in [-0.1, -0.05) is 15.9 Å². The summed E-state index contributed by atoms with van der Waals surface area (Å²) in [5.74, 6) is -0.259. The zero-order chi connectivity index (χ0) is 17.3. The quantitative estimate of drug-likeness (QED) is 0.502. The Hall–Kier alpha value is -2.60. The molecule has 0 fully saturated rings. The van der Waals surface area contributed by atoms with Gasteiger partial charge >= 0.3 is 0 Å². The van der Waals surface area contributed by atoms with Crippen molar-refractivity contribution in [2.24, 2.45) is 0 Å². The number of halogens is 2. The Kier molecular flexibility index (Phi) is 4.40. The van der Waals surface area contributed by atoms with E-state index in [2.05, 4.69) is 20.9 Å². The first-order valence-corrected chi connectivity index (χ1v) is 7.84. The van der Waals surface area contributed by atoms with Crippen LogP contribution in [0.25, 0.3) is 17.0 Å². The van der Waals surface area contributed by atoms with Gasteiger partial charge in [0, 0.05) is 27.1 Å². The second kappa shape index (κ2) is 6.49. The minimum absolute atomic E-state index is 0.00602. The lowest BCUT2D eigenvalue weighted by atomic mass is 10.1. The van der Waals surface area contributed by atoms with Crippen molar-refractivity contribution in [3.63, 3.8) is 0 Å². The monoisotopic (exact) mass is 389 g/mol. The molecule has 0 aliphatic heterocycles. The molecule has 0 aliphatic carbocycles. The van der Waals surface area contributed by atoms with Crippen LogP contribution in [0.1, 0.15) is 15.9 Å². The smallest absolute Gasteiger partial charge is 0.188 e. The predicted octanol–water partition coefficient (Wildman–Crippen LogP) is 4.68. The van der Waals surface area contributed by atoms with Crippen molar-refractivity contribution in [1.29, 1.82) is 0 Å². The SMILES string of the molecule is COc1cc(/C=C/C(=O)c2c[nH]c3cc(F)ccc23)c(Br)cc1O. The average molecular weight is 390 g/mol. The molecule has 2 aromatic carbocycles. The number of aromatic hydroxyl groups is 1. The Morgan fingerprint density at radius 2 is 2.12 bits per heavy atom. The van der Waals surface area contributed by atoms with Crippen molar-refractivity contribution in [3.05, 3.63) is 64.0 Å². The number of hydrogen-bond acceptors (Lipinski definition) is 3. The summed E-state index contributed by atoms with van der Waals surface area (Å²) in [6, 6.07) is 7.35. The van der Waals surface area contributed by atoms with Crippen molar-refractivity contribution in [2.75, 3.05) is 7.11 Å². The Labute approximate surface area is 145 Å². The first kappa shape index (κ1) is 16.3. The molecule has 122 valence electrons. The maximum atomic E-state index is 13.2. The van der Waals surface area contributed by atoms with Crippen LogP contribution in [0.15, 0.2) is 47.1 Å². The molecule has 0 atom stereocenters. The van der Waals surface area contributed by atoms with Gasteiger partial charge in [-0.2, -0.15) is 0 Å². The van der Waals surface area contributed by atoms with E-state index in [-0.39, 0.29) is 17.3 Å². The van der Waals surface area contributed by atoms with Gasteiger partial charge in [-0.25, -0.2) is 4.39 Å². The van der Waals surface area contributed by atoms with Crippen LogP contribution in [0.4, 0.5) is 4.39 Å². The van der Waals surface area contributed by atoms with Gasteiger partial charge in [0.2, 0.25) is 0 Å². The topological polar surface area (TPSA) is 62.3 Å². The largest absolute Gasteiger partial charge is 0.504 e. The number of benzene rings is 2. The Bertz CT molecular complexity index is 962. The van der Waals surface area contributed by atoms with E-state index in [0.717, 1.165) is 0 Å². The Morgan fingerprint density at radius 3 is 2.88 bits per heavy atom. The predicted molar refractivity (Wildman–Crippen MR) is 94.0 cm³/mol. The van der Waals surface area contributed by atoms with Gasteiger partial charge in [-0.3, -0.25) is 4.79 Å². The van der Waals surface area contributed by atoms with E-state index in [1.54, 1.807) is 24.4 Å². The van der Waals surface area contributed by atoms with E-state index in [1.807, 2.05) is 0 Å². The van der Waals surface area contributed by atoms with Gasteiger partial charge in [0.15, 0.2) is 17.3 Å². The number of phenolic OH excluding ortho intramolecular Hbond substituents is 1. The number of methoxy groups -OCH3 is 1. The van der Waals surface area contributed by atoms with E-state index in [1.165, 1.54) is 31.4 Å². The molecule has 1 aromatic heterocycles. The molecule has 3 aromatic rings. The van der Waals surface area contributed by atoms with Gasteiger partial charge in [0.25, 0.3) is 0 Å². The number of ether oxygens (including phenoxy) is 1. The number of aromatic nitrogens is 1. The number of carbonyl (C=O) groups is 1. The van der Waals surface area contributed by atoms with Crippen LogP contribution >= 0.6 is 15.9 Å². The molecule has 0 saturated heterocycles. The second-order valence-electron chi connectivity index (χ2n) is 5.14. The van der Waals surface area contributed by atoms with Crippen LogP contribution in [0.3, 0.4) is 0 Å². The second-order valence-corrected chi connectivity index (χ2v) is 5.99. The molecule has 1 heterocycles. The number of H-pyrrole nitrogens is 1. The van der Waals surface area contributed by atoms with Crippen LogP contribution in [0.5, 0.6) is 11.5 Å². The maximum absolute atomic E-state index is 13.2. The summed E-state index contributed by atoms with van der Waals surface area (Å²) in [4.78, 5) is 15.3. The zero-order valence-corrected chi connectivity index (χ0v) is 14.2. The third kappa shape index (κ3) is 3.05. The molecule has 3 rings (SSSR count). The van der Waals surface area contributed by atoms with Crippen LogP contribution in [-0.2, 0) is 0 Å². The first-order chi connectivity index (χ1) is 11.5. The summed E-state index contributed by atoms with van der Waals surface area (Å²) in [6.45, 7) is 0. The number of hydrogen-bond donors (Lipinski definition) is 2. The summed E-state index contributed by atoms with van der Waals surface area (Å²) in [5.41, 5.74) is 1.71. The van der Waals surface area contributed by atoms with E-state index in [0.29, 0.717) is 32.3 Å². The molecule has 2 N–H and O–H groups in total. The Morgan fingerprint density at radius 1 is 1.33 bits per heavy atom. The molecule has 0 aliphatic rings. The van der Waals surface area contributed by atoms with E-state index < -0.39 is 0 Å². The number of allylic oxidation sites excluding steroid dienone is 1. The molecule has 0 amide bonds. The van der Waals surface area contributed by atoms with Crippen LogP contribution in [0, 0.1) is 5.82 Å². The van der Waals surface area contributed by atoms with Crippen molar-refractivity contribution in [2.45, 2.75) is 0 Å². The van der Waals surface area contributed by atoms with Crippen LogP contribution in [0.2, 0.25) is 0 Å². The number of nitrogens with one attached hydrogen (secondary N) is 1. The van der Waals surface area contributed by atoms with Crippen molar-refractivity contribution in [3.8, 4) is 11.5 Å². The fourth-order valence-corrected chi connectivity index (χ4v) is 2.87. The summed E-state index contributed by atoms with van der Waals surface area (Å²) in [7, 11) is 1.45. The molecule has 0 bridgehead atoms.